The van der Waals surface area contributed by atoms with E-state index in [0.717, 1.165) is 5.56 Å². The summed E-state index contributed by atoms with van der Waals surface area (Å²) in [5.74, 6) is -0.329. The molecule has 1 aromatic carbocycles. The molecule has 0 aliphatic carbocycles. The highest BCUT2D eigenvalue weighted by molar-refractivity contribution is 5.89. The third kappa shape index (κ3) is 3.56. The maximum Gasteiger partial charge on any atom is 0.338 e. The van der Waals surface area contributed by atoms with Crippen molar-refractivity contribution < 1.29 is 14.6 Å². The summed E-state index contributed by atoms with van der Waals surface area (Å²) < 4.78 is 4.89. The van der Waals surface area contributed by atoms with E-state index < -0.39 is 6.10 Å². The van der Waals surface area contributed by atoms with E-state index in [1.807, 2.05) is 20.8 Å². The van der Waals surface area contributed by atoms with Gasteiger partial charge in [0.25, 0.3) is 0 Å². The van der Waals surface area contributed by atoms with Crippen molar-refractivity contribution in [2.45, 2.75) is 33.8 Å². The molecule has 0 bridgehead atoms. The predicted molar refractivity (Wildman–Crippen MR) is 66.8 cm³/mol. The first kappa shape index (κ1) is 13.7. The second-order valence-corrected chi connectivity index (χ2v) is 5.11. The van der Waals surface area contributed by atoms with Crippen molar-refractivity contribution in [3.63, 3.8) is 0 Å². The maximum atomic E-state index is 11.4. The quantitative estimate of drug-likeness (QED) is 0.821. The lowest BCUT2D eigenvalue weighted by molar-refractivity contribution is 0.0524. The van der Waals surface area contributed by atoms with Crippen LogP contribution in [0.15, 0.2) is 24.3 Å². The number of ether oxygens (including phenoxy) is 1. The highest BCUT2D eigenvalue weighted by atomic mass is 16.5. The summed E-state index contributed by atoms with van der Waals surface area (Å²) in [5, 5.41) is 10.1. The van der Waals surface area contributed by atoms with Crippen molar-refractivity contribution in [3.05, 3.63) is 35.4 Å². The normalized spacial score (nSPS) is 13.2. The van der Waals surface area contributed by atoms with Gasteiger partial charge >= 0.3 is 5.97 Å². The van der Waals surface area contributed by atoms with Crippen LogP contribution in [0.5, 0.6) is 0 Å². The SMILES string of the molecule is CCOC(=O)c1ccc(C(O)C(C)(C)C)cc1. The number of carbonyl (C=O) groups excluding carboxylic acids is 1. The second kappa shape index (κ2) is 5.32. The number of hydrogen-bond acceptors (Lipinski definition) is 3. The molecule has 1 atom stereocenters. The third-order valence-corrected chi connectivity index (χ3v) is 2.56. The van der Waals surface area contributed by atoms with Crippen LogP contribution in [0.4, 0.5) is 0 Å². The molecule has 0 heterocycles. The lowest BCUT2D eigenvalue weighted by atomic mass is 9.84. The third-order valence-electron chi connectivity index (χ3n) is 2.56. The molecule has 94 valence electrons. The average molecular weight is 236 g/mol. The van der Waals surface area contributed by atoms with Gasteiger partial charge in [-0.25, -0.2) is 4.79 Å². The minimum Gasteiger partial charge on any atom is -0.462 e. The smallest absolute Gasteiger partial charge is 0.338 e. The number of carbonyl (C=O) groups is 1. The van der Waals surface area contributed by atoms with E-state index in [1.165, 1.54) is 0 Å². The van der Waals surface area contributed by atoms with E-state index in [2.05, 4.69) is 0 Å². The van der Waals surface area contributed by atoms with E-state index >= 15 is 0 Å². The molecule has 1 unspecified atom stereocenters. The van der Waals surface area contributed by atoms with Gasteiger partial charge in [0.2, 0.25) is 0 Å². The van der Waals surface area contributed by atoms with Gasteiger partial charge in [0.15, 0.2) is 0 Å². The summed E-state index contributed by atoms with van der Waals surface area (Å²) in [6.45, 7) is 8.05. The van der Waals surface area contributed by atoms with Crippen LogP contribution in [0.2, 0.25) is 0 Å². The Labute approximate surface area is 102 Å². The van der Waals surface area contributed by atoms with Crippen LogP contribution in [-0.2, 0) is 4.74 Å². The first-order valence-corrected chi connectivity index (χ1v) is 5.81. The Morgan fingerprint density at radius 2 is 1.82 bits per heavy atom. The summed E-state index contributed by atoms with van der Waals surface area (Å²) >= 11 is 0. The molecule has 1 rings (SSSR count). The van der Waals surface area contributed by atoms with Crippen molar-refractivity contribution in [2.75, 3.05) is 6.61 Å². The minimum absolute atomic E-state index is 0.217. The Kier molecular flexibility index (Phi) is 4.29. The van der Waals surface area contributed by atoms with E-state index in [-0.39, 0.29) is 11.4 Å². The van der Waals surface area contributed by atoms with E-state index in [0.29, 0.717) is 12.2 Å². The first-order valence-electron chi connectivity index (χ1n) is 5.81. The van der Waals surface area contributed by atoms with Crippen molar-refractivity contribution in [1.29, 1.82) is 0 Å². The molecule has 1 aromatic rings. The van der Waals surface area contributed by atoms with Gasteiger partial charge < -0.3 is 9.84 Å². The summed E-state index contributed by atoms with van der Waals surface area (Å²) in [4.78, 5) is 11.4. The molecule has 0 amide bonds. The molecule has 0 aliphatic heterocycles. The number of esters is 1. The number of aliphatic hydroxyl groups excluding tert-OH is 1. The molecule has 3 nitrogen and oxygen atoms in total. The van der Waals surface area contributed by atoms with Crippen molar-refractivity contribution >= 4 is 5.97 Å². The number of rotatable bonds is 3. The van der Waals surface area contributed by atoms with Crippen molar-refractivity contribution in [2.24, 2.45) is 5.41 Å². The van der Waals surface area contributed by atoms with Crippen molar-refractivity contribution in [1.82, 2.24) is 0 Å². The molecule has 17 heavy (non-hydrogen) atoms. The highest BCUT2D eigenvalue weighted by Gasteiger charge is 2.23. The molecular formula is C14H20O3. The number of aliphatic hydroxyl groups is 1. The summed E-state index contributed by atoms with van der Waals surface area (Å²) in [5.41, 5.74) is 1.10. The lowest BCUT2D eigenvalue weighted by Crippen LogP contribution is -2.17. The lowest BCUT2D eigenvalue weighted by Gasteiger charge is -2.26. The summed E-state index contributed by atoms with van der Waals surface area (Å²) in [6, 6.07) is 6.90. The summed E-state index contributed by atoms with van der Waals surface area (Å²) in [6.07, 6.45) is -0.543. The molecule has 3 heteroatoms. The Bertz CT molecular complexity index is 373. The Morgan fingerprint density at radius 3 is 2.24 bits per heavy atom. The van der Waals surface area contributed by atoms with E-state index in [9.17, 15) is 9.90 Å². The molecule has 0 saturated carbocycles. The monoisotopic (exact) mass is 236 g/mol. The Balaban J connectivity index is 2.85. The molecule has 0 aliphatic rings. The number of hydrogen-bond donors (Lipinski definition) is 1. The summed E-state index contributed by atoms with van der Waals surface area (Å²) in [7, 11) is 0. The number of benzene rings is 1. The van der Waals surface area contributed by atoms with Gasteiger partial charge in [-0.05, 0) is 30.0 Å². The fourth-order valence-electron chi connectivity index (χ4n) is 1.52. The minimum atomic E-state index is -0.543. The molecule has 0 aromatic heterocycles. The molecule has 1 N–H and O–H groups in total. The van der Waals surface area contributed by atoms with Crippen LogP contribution in [0.3, 0.4) is 0 Å². The zero-order valence-corrected chi connectivity index (χ0v) is 10.9. The molecular weight excluding hydrogens is 216 g/mol. The van der Waals surface area contributed by atoms with Crippen LogP contribution in [-0.4, -0.2) is 17.7 Å². The van der Waals surface area contributed by atoms with Crippen LogP contribution in [0.25, 0.3) is 0 Å². The van der Waals surface area contributed by atoms with Gasteiger partial charge in [-0.1, -0.05) is 32.9 Å². The van der Waals surface area contributed by atoms with Gasteiger partial charge in [-0.3, -0.25) is 0 Å². The van der Waals surface area contributed by atoms with E-state index in [4.69, 9.17) is 4.74 Å². The van der Waals surface area contributed by atoms with Crippen LogP contribution < -0.4 is 0 Å². The zero-order chi connectivity index (χ0) is 13.1. The molecule has 0 spiro atoms. The predicted octanol–water partition coefficient (Wildman–Crippen LogP) is 2.94. The molecule has 0 fully saturated rings. The Morgan fingerprint density at radius 1 is 1.29 bits per heavy atom. The topological polar surface area (TPSA) is 46.5 Å². The fourth-order valence-corrected chi connectivity index (χ4v) is 1.52. The van der Waals surface area contributed by atoms with Crippen LogP contribution in [0.1, 0.15) is 49.7 Å². The Hall–Kier alpha value is -1.35. The van der Waals surface area contributed by atoms with Gasteiger partial charge in [0.05, 0.1) is 18.3 Å². The maximum absolute atomic E-state index is 11.4. The molecule has 0 saturated heterocycles. The second-order valence-electron chi connectivity index (χ2n) is 5.11. The van der Waals surface area contributed by atoms with Gasteiger partial charge in [-0.2, -0.15) is 0 Å². The van der Waals surface area contributed by atoms with Gasteiger partial charge in [0.1, 0.15) is 0 Å². The first-order chi connectivity index (χ1) is 7.86. The largest absolute Gasteiger partial charge is 0.462 e. The van der Waals surface area contributed by atoms with Gasteiger partial charge in [-0.15, -0.1) is 0 Å². The highest BCUT2D eigenvalue weighted by Crippen LogP contribution is 2.32. The zero-order valence-electron chi connectivity index (χ0n) is 10.9. The molecule has 0 radical (unpaired) electrons. The fraction of sp³-hybridized carbons (Fsp3) is 0.500. The van der Waals surface area contributed by atoms with Gasteiger partial charge in [0, 0.05) is 0 Å². The average Bonchev–Trinajstić information content (AvgIpc) is 2.27. The van der Waals surface area contributed by atoms with Crippen molar-refractivity contribution in [3.8, 4) is 0 Å². The van der Waals surface area contributed by atoms with E-state index in [1.54, 1.807) is 31.2 Å². The standard InChI is InChI=1S/C14H20O3/c1-5-17-13(16)11-8-6-10(7-9-11)12(15)14(2,3)4/h6-9,12,15H,5H2,1-4H3. The van der Waals surface area contributed by atoms with Crippen LogP contribution in [0, 0.1) is 5.41 Å². The van der Waals surface area contributed by atoms with Crippen LogP contribution >= 0.6 is 0 Å².